The molecule has 2 saturated heterocycles. The molecule has 2 rings (SSSR count). The second-order valence-corrected chi connectivity index (χ2v) is 5.60. The van der Waals surface area contributed by atoms with Gasteiger partial charge in [0.25, 0.3) is 0 Å². The monoisotopic (exact) mass is 241 g/mol. The van der Waals surface area contributed by atoms with Crippen LogP contribution >= 0.6 is 0 Å². The van der Waals surface area contributed by atoms with Gasteiger partial charge in [0.2, 0.25) is 0 Å². The van der Waals surface area contributed by atoms with Crippen LogP contribution in [-0.4, -0.2) is 73.4 Å². The van der Waals surface area contributed by atoms with Gasteiger partial charge in [-0.3, -0.25) is 4.90 Å². The molecule has 0 aromatic heterocycles. The lowest BCUT2D eigenvalue weighted by Crippen LogP contribution is -2.43. The normalized spacial score (nSPS) is 32.6. The lowest BCUT2D eigenvalue weighted by Gasteiger charge is -2.29. The Hall–Kier alpha value is -0.160. The van der Waals surface area contributed by atoms with Gasteiger partial charge in [-0.2, -0.15) is 0 Å². The van der Waals surface area contributed by atoms with Gasteiger partial charge in [-0.15, -0.1) is 0 Å². The average Bonchev–Trinajstić information content (AvgIpc) is 2.56. The Morgan fingerprint density at radius 2 is 2.06 bits per heavy atom. The van der Waals surface area contributed by atoms with Crippen molar-refractivity contribution in [3.8, 4) is 0 Å². The van der Waals surface area contributed by atoms with Crippen molar-refractivity contribution in [1.29, 1.82) is 0 Å². The molecule has 0 radical (unpaired) electrons. The predicted molar refractivity (Wildman–Crippen MR) is 70.2 cm³/mol. The highest BCUT2D eigenvalue weighted by molar-refractivity contribution is 4.91. The van der Waals surface area contributed by atoms with Gasteiger partial charge >= 0.3 is 0 Å². The largest absolute Gasteiger partial charge is 0.396 e. The van der Waals surface area contributed by atoms with E-state index in [1.165, 1.54) is 32.4 Å². The van der Waals surface area contributed by atoms with Gasteiger partial charge in [0.1, 0.15) is 0 Å². The number of aliphatic hydroxyl groups excluding tert-OH is 1. The molecule has 0 aliphatic carbocycles. The van der Waals surface area contributed by atoms with Gasteiger partial charge in [-0.1, -0.05) is 0 Å². The maximum Gasteiger partial charge on any atom is 0.0446 e. The van der Waals surface area contributed by atoms with Crippen LogP contribution in [0.1, 0.15) is 25.7 Å². The van der Waals surface area contributed by atoms with Crippen LogP contribution in [0.3, 0.4) is 0 Å². The van der Waals surface area contributed by atoms with Crippen molar-refractivity contribution in [2.45, 2.75) is 43.8 Å². The molecule has 2 aliphatic rings. The Kier molecular flexibility index (Phi) is 4.79. The van der Waals surface area contributed by atoms with E-state index in [0.717, 1.165) is 25.0 Å². The fraction of sp³-hybridized carbons (Fsp3) is 1.00. The van der Waals surface area contributed by atoms with Gasteiger partial charge in [0.05, 0.1) is 0 Å². The van der Waals surface area contributed by atoms with Crippen molar-refractivity contribution in [1.82, 2.24) is 15.1 Å². The molecule has 0 amide bonds. The third-order valence-electron chi connectivity index (χ3n) is 4.60. The Balaban J connectivity index is 1.86. The third-order valence-corrected chi connectivity index (χ3v) is 4.60. The van der Waals surface area contributed by atoms with Crippen LogP contribution in [0.4, 0.5) is 0 Å². The molecule has 2 heterocycles. The topological polar surface area (TPSA) is 38.7 Å². The molecule has 2 bridgehead atoms. The quantitative estimate of drug-likeness (QED) is 0.717. The molecule has 4 nitrogen and oxygen atoms in total. The van der Waals surface area contributed by atoms with Crippen LogP contribution in [0.5, 0.6) is 0 Å². The highest BCUT2D eigenvalue weighted by atomic mass is 16.3. The van der Waals surface area contributed by atoms with E-state index in [2.05, 4.69) is 22.2 Å². The van der Waals surface area contributed by atoms with E-state index in [1.807, 2.05) is 7.05 Å². The van der Waals surface area contributed by atoms with E-state index in [4.69, 9.17) is 5.11 Å². The summed E-state index contributed by atoms with van der Waals surface area (Å²) in [7, 11) is 4.28. The minimum Gasteiger partial charge on any atom is -0.396 e. The number of fused-ring (bicyclic) bond motifs is 2. The molecule has 4 heteroatoms. The second-order valence-electron chi connectivity index (χ2n) is 5.60. The standard InChI is InChI=1S/C13H27N3O/c1-14-11(6-8-17)9-16-7-5-12-3-4-13(10-16)15(12)2/h11-14,17H,3-10H2,1-2H3. The minimum atomic E-state index is 0.283. The number of likely N-dealkylation sites (tertiary alicyclic amines) is 1. The number of nitrogens with zero attached hydrogens (tertiary/aromatic N) is 2. The molecular weight excluding hydrogens is 214 g/mol. The maximum absolute atomic E-state index is 9.03. The summed E-state index contributed by atoms with van der Waals surface area (Å²) < 4.78 is 0. The van der Waals surface area contributed by atoms with Crippen LogP contribution in [-0.2, 0) is 0 Å². The zero-order valence-corrected chi connectivity index (χ0v) is 11.2. The van der Waals surface area contributed by atoms with Crippen molar-refractivity contribution in [2.24, 2.45) is 0 Å². The Morgan fingerprint density at radius 3 is 2.76 bits per heavy atom. The summed E-state index contributed by atoms with van der Waals surface area (Å²) in [5.41, 5.74) is 0. The minimum absolute atomic E-state index is 0.283. The lowest BCUT2D eigenvalue weighted by atomic mass is 10.1. The molecule has 17 heavy (non-hydrogen) atoms. The molecule has 2 fully saturated rings. The molecule has 3 atom stereocenters. The molecule has 0 spiro atoms. The van der Waals surface area contributed by atoms with E-state index in [1.54, 1.807) is 0 Å². The summed E-state index contributed by atoms with van der Waals surface area (Å²) in [6, 6.07) is 2.01. The van der Waals surface area contributed by atoms with Crippen molar-refractivity contribution >= 4 is 0 Å². The number of hydrogen-bond donors (Lipinski definition) is 2. The van der Waals surface area contributed by atoms with Crippen LogP contribution in [0.15, 0.2) is 0 Å². The van der Waals surface area contributed by atoms with E-state index in [-0.39, 0.29) is 6.61 Å². The molecule has 0 aromatic carbocycles. The fourth-order valence-electron chi connectivity index (χ4n) is 3.34. The Bertz CT molecular complexity index is 237. The third kappa shape index (κ3) is 3.19. The van der Waals surface area contributed by atoms with Crippen LogP contribution < -0.4 is 5.32 Å². The van der Waals surface area contributed by atoms with Crippen LogP contribution in [0.2, 0.25) is 0 Å². The molecule has 2 aliphatic heterocycles. The number of hydrogen-bond acceptors (Lipinski definition) is 4. The van der Waals surface area contributed by atoms with Crippen molar-refractivity contribution < 1.29 is 5.11 Å². The number of likely N-dealkylation sites (N-methyl/N-ethyl adjacent to an activating group) is 2. The fourth-order valence-corrected chi connectivity index (χ4v) is 3.34. The molecule has 0 saturated carbocycles. The highest BCUT2D eigenvalue weighted by Gasteiger charge is 2.34. The smallest absolute Gasteiger partial charge is 0.0446 e. The summed E-state index contributed by atoms with van der Waals surface area (Å²) in [4.78, 5) is 5.16. The van der Waals surface area contributed by atoms with Gasteiger partial charge in [0.15, 0.2) is 0 Å². The van der Waals surface area contributed by atoms with Gasteiger partial charge in [-0.05, 0) is 46.3 Å². The van der Waals surface area contributed by atoms with E-state index in [9.17, 15) is 0 Å². The first kappa shape index (κ1) is 13.3. The number of rotatable bonds is 5. The summed E-state index contributed by atoms with van der Waals surface area (Å²) in [5, 5.41) is 12.3. The zero-order chi connectivity index (χ0) is 12.3. The first-order valence-electron chi connectivity index (χ1n) is 6.97. The summed E-state index contributed by atoms with van der Waals surface area (Å²) in [6.45, 7) is 3.78. The second kappa shape index (κ2) is 6.14. The van der Waals surface area contributed by atoms with E-state index >= 15 is 0 Å². The van der Waals surface area contributed by atoms with E-state index < -0.39 is 0 Å². The number of aliphatic hydroxyl groups is 1. The Morgan fingerprint density at radius 1 is 1.29 bits per heavy atom. The van der Waals surface area contributed by atoms with Gasteiger partial charge < -0.3 is 15.3 Å². The van der Waals surface area contributed by atoms with Crippen molar-refractivity contribution in [3.63, 3.8) is 0 Å². The molecule has 3 unspecified atom stereocenters. The molecule has 2 N–H and O–H groups in total. The average molecular weight is 241 g/mol. The highest BCUT2D eigenvalue weighted by Crippen LogP contribution is 2.28. The molecule has 100 valence electrons. The van der Waals surface area contributed by atoms with E-state index in [0.29, 0.717) is 6.04 Å². The van der Waals surface area contributed by atoms with Crippen LogP contribution in [0, 0.1) is 0 Å². The zero-order valence-electron chi connectivity index (χ0n) is 11.2. The lowest BCUT2D eigenvalue weighted by molar-refractivity contribution is 0.191. The Labute approximate surface area is 105 Å². The molecular formula is C13H27N3O. The van der Waals surface area contributed by atoms with Crippen LogP contribution in [0.25, 0.3) is 0 Å². The van der Waals surface area contributed by atoms with Crippen molar-refractivity contribution in [3.05, 3.63) is 0 Å². The van der Waals surface area contributed by atoms with Gasteiger partial charge in [0, 0.05) is 37.8 Å². The van der Waals surface area contributed by atoms with Gasteiger partial charge in [-0.25, -0.2) is 0 Å². The predicted octanol–water partition coefficient (Wildman–Crippen LogP) is 0.125. The van der Waals surface area contributed by atoms with Crippen molar-refractivity contribution in [2.75, 3.05) is 40.3 Å². The summed E-state index contributed by atoms with van der Waals surface area (Å²) >= 11 is 0. The summed E-state index contributed by atoms with van der Waals surface area (Å²) in [5.74, 6) is 0. The first-order valence-corrected chi connectivity index (χ1v) is 6.97. The number of nitrogens with one attached hydrogen (secondary N) is 1. The first-order chi connectivity index (χ1) is 8.24. The summed E-state index contributed by atoms with van der Waals surface area (Å²) in [6.07, 6.45) is 4.92. The SMILES string of the molecule is CNC(CCO)CN1CCC2CCC(C1)N2C. The molecule has 0 aromatic rings. The maximum atomic E-state index is 9.03.